The van der Waals surface area contributed by atoms with Crippen molar-refractivity contribution in [2.45, 2.75) is 38.5 Å². The quantitative estimate of drug-likeness (QED) is 0.478. The predicted molar refractivity (Wildman–Crippen MR) is 48.2 cm³/mol. The minimum atomic E-state index is 0.632. The summed E-state index contributed by atoms with van der Waals surface area (Å²) in [6.45, 7) is 1.74. The van der Waals surface area contributed by atoms with Gasteiger partial charge in [0.25, 0.3) is 0 Å². The molecule has 1 aliphatic carbocycles. The van der Waals surface area contributed by atoms with Crippen LogP contribution in [0.3, 0.4) is 0 Å². The highest BCUT2D eigenvalue weighted by atomic mass is 14.9. The van der Waals surface area contributed by atoms with Crippen molar-refractivity contribution in [2.75, 3.05) is 13.2 Å². The van der Waals surface area contributed by atoms with Crippen LogP contribution in [0.4, 0.5) is 0 Å². The third kappa shape index (κ3) is 3.73. The van der Waals surface area contributed by atoms with Crippen LogP contribution in [0, 0.1) is 5.92 Å². The van der Waals surface area contributed by atoms with Gasteiger partial charge in [-0.05, 0) is 18.9 Å². The van der Waals surface area contributed by atoms with Gasteiger partial charge in [-0.2, -0.15) is 0 Å². The molecule has 0 bridgehead atoms. The molecule has 2 nitrogen and oxygen atoms in total. The standard InChI is InChI=1S/C9H20N2/c10-8-11-7-6-9-4-2-1-3-5-9/h9,11H,1-8,10H2. The number of nitrogens with one attached hydrogen (secondary N) is 1. The molecule has 0 aromatic rings. The highest BCUT2D eigenvalue weighted by Gasteiger charge is 2.11. The summed E-state index contributed by atoms with van der Waals surface area (Å²) in [7, 11) is 0. The average Bonchev–Trinajstić information content (AvgIpc) is 2.07. The first-order valence-electron chi connectivity index (χ1n) is 4.84. The molecule has 0 unspecified atom stereocenters. The maximum Gasteiger partial charge on any atom is 0.0428 e. The lowest BCUT2D eigenvalue weighted by molar-refractivity contribution is 0.334. The normalized spacial score (nSPS) is 20.5. The van der Waals surface area contributed by atoms with Crippen molar-refractivity contribution in [3.05, 3.63) is 0 Å². The summed E-state index contributed by atoms with van der Waals surface area (Å²) in [6.07, 6.45) is 8.59. The Labute approximate surface area is 69.5 Å². The van der Waals surface area contributed by atoms with Crippen LogP contribution in [0.1, 0.15) is 38.5 Å². The molecule has 0 aromatic heterocycles. The maximum absolute atomic E-state index is 5.33. The monoisotopic (exact) mass is 156 g/mol. The van der Waals surface area contributed by atoms with E-state index in [4.69, 9.17) is 5.73 Å². The van der Waals surface area contributed by atoms with Crippen LogP contribution in [-0.2, 0) is 0 Å². The molecule has 1 fully saturated rings. The van der Waals surface area contributed by atoms with Crippen LogP contribution < -0.4 is 11.1 Å². The number of nitrogens with two attached hydrogens (primary N) is 1. The molecule has 11 heavy (non-hydrogen) atoms. The van der Waals surface area contributed by atoms with Gasteiger partial charge in [0.05, 0.1) is 0 Å². The van der Waals surface area contributed by atoms with Crippen molar-refractivity contribution in [1.29, 1.82) is 0 Å². The molecule has 0 aliphatic heterocycles. The SMILES string of the molecule is NCNCCC1CCCCC1. The van der Waals surface area contributed by atoms with Gasteiger partial charge in [-0.1, -0.05) is 32.1 Å². The van der Waals surface area contributed by atoms with Gasteiger partial charge in [-0.15, -0.1) is 0 Å². The van der Waals surface area contributed by atoms with E-state index in [2.05, 4.69) is 5.32 Å². The Hall–Kier alpha value is -0.0800. The lowest BCUT2D eigenvalue weighted by atomic mass is 9.87. The molecular weight excluding hydrogens is 136 g/mol. The Morgan fingerprint density at radius 1 is 1.18 bits per heavy atom. The fourth-order valence-corrected chi connectivity index (χ4v) is 1.88. The average molecular weight is 156 g/mol. The largest absolute Gasteiger partial charge is 0.318 e. The van der Waals surface area contributed by atoms with Gasteiger partial charge in [0.1, 0.15) is 0 Å². The minimum Gasteiger partial charge on any atom is -0.318 e. The highest BCUT2D eigenvalue weighted by Crippen LogP contribution is 2.25. The summed E-state index contributed by atoms with van der Waals surface area (Å²) in [6, 6.07) is 0. The van der Waals surface area contributed by atoms with E-state index in [9.17, 15) is 0 Å². The molecule has 0 heterocycles. The second-order valence-corrected chi connectivity index (χ2v) is 3.50. The molecule has 0 saturated heterocycles. The van der Waals surface area contributed by atoms with Gasteiger partial charge in [0, 0.05) is 6.67 Å². The van der Waals surface area contributed by atoms with Crippen LogP contribution in [-0.4, -0.2) is 13.2 Å². The minimum absolute atomic E-state index is 0.632. The van der Waals surface area contributed by atoms with Crippen LogP contribution >= 0.6 is 0 Å². The van der Waals surface area contributed by atoms with Gasteiger partial charge in [-0.3, -0.25) is 0 Å². The van der Waals surface area contributed by atoms with E-state index in [1.807, 2.05) is 0 Å². The lowest BCUT2D eigenvalue weighted by Gasteiger charge is -2.21. The molecule has 0 spiro atoms. The van der Waals surface area contributed by atoms with E-state index >= 15 is 0 Å². The Bertz CT molecular complexity index is 87.6. The van der Waals surface area contributed by atoms with Gasteiger partial charge < -0.3 is 11.1 Å². The van der Waals surface area contributed by atoms with Crippen molar-refractivity contribution in [1.82, 2.24) is 5.32 Å². The van der Waals surface area contributed by atoms with E-state index in [1.165, 1.54) is 38.5 Å². The zero-order valence-electron chi connectivity index (χ0n) is 7.31. The number of rotatable bonds is 4. The first kappa shape index (κ1) is 9.01. The van der Waals surface area contributed by atoms with Crippen molar-refractivity contribution in [3.63, 3.8) is 0 Å². The molecule has 1 saturated carbocycles. The molecule has 1 aliphatic rings. The van der Waals surface area contributed by atoms with Crippen LogP contribution in [0.25, 0.3) is 0 Å². The first-order valence-corrected chi connectivity index (χ1v) is 4.84. The van der Waals surface area contributed by atoms with E-state index in [-0.39, 0.29) is 0 Å². The molecular formula is C9H20N2. The first-order chi connectivity index (χ1) is 5.43. The van der Waals surface area contributed by atoms with Crippen molar-refractivity contribution >= 4 is 0 Å². The van der Waals surface area contributed by atoms with Crippen LogP contribution in [0.2, 0.25) is 0 Å². The van der Waals surface area contributed by atoms with Gasteiger partial charge in [0.15, 0.2) is 0 Å². The molecule has 3 N–H and O–H groups in total. The Balaban J connectivity index is 1.96. The maximum atomic E-state index is 5.33. The number of hydrogen-bond acceptors (Lipinski definition) is 2. The van der Waals surface area contributed by atoms with Crippen LogP contribution in [0.5, 0.6) is 0 Å². The number of hydrogen-bond donors (Lipinski definition) is 2. The summed E-state index contributed by atoms with van der Waals surface area (Å²) in [4.78, 5) is 0. The molecule has 66 valence electrons. The fraction of sp³-hybridized carbons (Fsp3) is 1.00. The van der Waals surface area contributed by atoms with E-state index in [0.29, 0.717) is 6.67 Å². The molecule has 2 heteroatoms. The molecule has 0 atom stereocenters. The van der Waals surface area contributed by atoms with Gasteiger partial charge in [0.2, 0.25) is 0 Å². The summed E-state index contributed by atoms with van der Waals surface area (Å²) < 4.78 is 0. The van der Waals surface area contributed by atoms with Crippen molar-refractivity contribution < 1.29 is 0 Å². The highest BCUT2D eigenvalue weighted by molar-refractivity contribution is 4.66. The topological polar surface area (TPSA) is 38.0 Å². The summed E-state index contributed by atoms with van der Waals surface area (Å²) in [5.74, 6) is 0.989. The van der Waals surface area contributed by atoms with E-state index in [0.717, 1.165) is 12.5 Å². The Kier molecular flexibility index (Phi) is 4.55. The molecule has 0 aromatic carbocycles. The summed E-state index contributed by atoms with van der Waals surface area (Å²) >= 11 is 0. The third-order valence-corrected chi connectivity index (χ3v) is 2.60. The van der Waals surface area contributed by atoms with E-state index < -0.39 is 0 Å². The summed E-state index contributed by atoms with van der Waals surface area (Å²) in [5, 5.41) is 3.17. The van der Waals surface area contributed by atoms with Gasteiger partial charge >= 0.3 is 0 Å². The molecule has 0 amide bonds. The summed E-state index contributed by atoms with van der Waals surface area (Å²) in [5.41, 5.74) is 5.33. The van der Waals surface area contributed by atoms with E-state index in [1.54, 1.807) is 0 Å². The zero-order valence-corrected chi connectivity index (χ0v) is 7.31. The van der Waals surface area contributed by atoms with Crippen molar-refractivity contribution in [2.24, 2.45) is 11.7 Å². The third-order valence-electron chi connectivity index (χ3n) is 2.60. The molecule has 1 rings (SSSR count). The fourth-order valence-electron chi connectivity index (χ4n) is 1.88. The Morgan fingerprint density at radius 3 is 2.55 bits per heavy atom. The van der Waals surface area contributed by atoms with Crippen molar-refractivity contribution in [3.8, 4) is 0 Å². The second kappa shape index (κ2) is 5.56. The van der Waals surface area contributed by atoms with Gasteiger partial charge in [-0.25, -0.2) is 0 Å². The molecule has 0 radical (unpaired) electrons. The smallest absolute Gasteiger partial charge is 0.0428 e. The second-order valence-electron chi connectivity index (χ2n) is 3.50. The Morgan fingerprint density at radius 2 is 1.91 bits per heavy atom. The van der Waals surface area contributed by atoms with Crippen LogP contribution in [0.15, 0.2) is 0 Å². The predicted octanol–water partition coefficient (Wildman–Crippen LogP) is 1.46. The lowest BCUT2D eigenvalue weighted by Crippen LogP contribution is -2.25. The zero-order chi connectivity index (χ0) is 7.94.